The molecule has 0 saturated carbocycles. The normalized spacial score (nSPS) is 11.3. The number of aromatic nitrogens is 4. The molecule has 2 heterocycles. The monoisotopic (exact) mass is 498 g/mol. The van der Waals surface area contributed by atoms with Crippen molar-refractivity contribution < 1.29 is 5.11 Å². The Labute approximate surface area is 140 Å². The third-order valence-electron chi connectivity index (χ3n) is 2.63. The molecule has 0 aliphatic heterocycles. The topological polar surface area (TPSA) is 63.3 Å². The van der Waals surface area contributed by atoms with E-state index in [0.717, 1.165) is 34.9 Å². The molecule has 3 rings (SSSR count). The Morgan fingerprint density at radius 2 is 2.11 bits per heavy atom. The molecule has 0 atom stereocenters. The van der Waals surface area contributed by atoms with Gasteiger partial charge >= 0.3 is 0 Å². The second kappa shape index (κ2) is 5.13. The lowest BCUT2D eigenvalue weighted by Gasteiger charge is -2.04. The van der Waals surface area contributed by atoms with Gasteiger partial charge in [0.2, 0.25) is 4.96 Å². The standard InChI is InChI=1S/C11H8I2N4OS/c1-2-8-14-15-11-17(8)16-10(19-11)6-3-5(12)4-7(13)9(6)18/h3-4,18H,2H2,1H3. The largest absolute Gasteiger partial charge is 0.506 e. The van der Waals surface area contributed by atoms with Gasteiger partial charge in [0.05, 0.1) is 9.13 Å². The predicted molar refractivity (Wildman–Crippen MR) is 90.6 cm³/mol. The van der Waals surface area contributed by atoms with E-state index < -0.39 is 0 Å². The maximum absolute atomic E-state index is 10.2. The molecule has 0 saturated heterocycles. The zero-order valence-electron chi connectivity index (χ0n) is 9.76. The zero-order valence-corrected chi connectivity index (χ0v) is 14.9. The predicted octanol–water partition coefficient (Wildman–Crippen LogP) is 3.33. The highest BCUT2D eigenvalue weighted by Gasteiger charge is 2.16. The average Bonchev–Trinajstić information content (AvgIpc) is 2.93. The maximum atomic E-state index is 10.2. The van der Waals surface area contributed by atoms with Gasteiger partial charge in [-0.15, -0.1) is 10.2 Å². The summed E-state index contributed by atoms with van der Waals surface area (Å²) in [5.74, 6) is 1.10. The number of benzene rings is 1. The van der Waals surface area contributed by atoms with Crippen LogP contribution in [0.4, 0.5) is 0 Å². The van der Waals surface area contributed by atoms with Crippen molar-refractivity contribution in [2.45, 2.75) is 13.3 Å². The summed E-state index contributed by atoms with van der Waals surface area (Å²) in [6.45, 7) is 2.02. The fourth-order valence-corrected chi connectivity index (χ4v) is 4.44. The lowest BCUT2D eigenvalue weighted by Crippen LogP contribution is -1.93. The van der Waals surface area contributed by atoms with Crippen molar-refractivity contribution >= 4 is 61.5 Å². The van der Waals surface area contributed by atoms with Gasteiger partial charge in [-0.1, -0.05) is 18.3 Å². The average molecular weight is 498 g/mol. The van der Waals surface area contributed by atoms with E-state index in [2.05, 4.69) is 60.5 Å². The first-order valence-electron chi connectivity index (χ1n) is 5.49. The van der Waals surface area contributed by atoms with E-state index in [9.17, 15) is 5.11 Å². The molecule has 0 radical (unpaired) electrons. The summed E-state index contributed by atoms with van der Waals surface area (Å²) in [6.07, 6.45) is 0.778. The number of phenols is 1. The molecule has 3 aromatic rings. The first kappa shape index (κ1) is 13.5. The van der Waals surface area contributed by atoms with Gasteiger partial charge in [0.1, 0.15) is 5.75 Å². The Balaban J connectivity index is 2.21. The van der Waals surface area contributed by atoms with Crippen molar-refractivity contribution in [2.75, 3.05) is 0 Å². The third-order valence-corrected chi connectivity index (χ3v) is 5.01. The third kappa shape index (κ3) is 2.33. The first-order valence-corrected chi connectivity index (χ1v) is 8.47. The molecule has 8 heteroatoms. The van der Waals surface area contributed by atoms with Crippen LogP contribution in [0.3, 0.4) is 0 Å². The summed E-state index contributed by atoms with van der Waals surface area (Å²) in [5.41, 5.74) is 0.744. The summed E-state index contributed by atoms with van der Waals surface area (Å²) in [5, 5.41) is 23.6. The molecule has 0 unspecified atom stereocenters. The quantitative estimate of drug-likeness (QED) is 0.552. The maximum Gasteiger partial charge on any atom is 0.234 e. The smallest absolute Gasteiger partial charge is 0.234 e. The van der Waals surface area contributed by atoms with Crippen molar-refractivity contribution in [1.82, 2.24) is 19.8 Å². The molecule has 2 aromatic heterocycles. The van der Waals surface area contributed by atoms with Crippen molar-refractivity contribution in [2.24, 2.45) is 0 Å². The van der Waals surface area contributed by atoms with E-state index in [1.165, 1.54) is 11.3 Å². The van der Waals surface area contributed by atoms with Crippen molar-refractivity contribution in [1.29, 1.82) is 0 Å². The molecule has 0 aliphatic carbocycles. The van der Waals surface area contributed by atoms with Crippen LogP contribution in [0, 0.1) is 7.14 Å². The minimum Gasteiger partial charge on any atom is -0.506 e. The fraction of sp³-hybridized carbons (Fsp3) is 0.182. The molecular formula is C11H8I2N4OS. The molecule has 0 aliphatic rings. The Hall–Kier alpha value is -0.490. The van der Waals surface area contributed by atoms with E-state index in [0.29, 0.717) is 0 Å². The van der Waals surface area contributed by atoms with Crippen LogP contribution in [-0.2, 0) is 6.42 Å². The van der Waals surface area contributed by atoms with Crippen LogP contribution in [0.5, 0.6) is 5.75 Å². The second-order valence-corrected chi connectivity index (χ2v) is 7.22. The molecular weight excluding hydrogens is 490 g/mol. The highest BCUT2D eigenvalue weighted by atomic mass is 127. The summed E-state index contributed by atoms with van der Waals surface area (Å²) in [7, 11) is 0. The number of rotatable bonds is 2. The van der Waals surface area contributed by atoms with Crippen LogP contribution in [0.2, 0.25) is 0 Å². The molecule has 98 valence electrons. The summed E-state index contributed by atoms with van der Waals surface area (Å²) >= 11 is 5.78. The van der Waals surface area contributed by atoms with Crippen LogP contribution in [0.15, 0.2) is 12.1 Å². The molecule has 0 bridgehead atoms. The van der Waals surface area contributed by atoms with Gasteiger partial charge in [0, 0.05) is 9.99 Å². The lowest BCUT2D eigenvalue weighted by atomic mass is 10.2. The Bertz CT molecular complexity index is 767. The highest BCUT2D eigenvalue weighted by molar-refractivity contribution is 14.1. The summed E-state index contributed by atoms with van der Waals surface area (Å²) in [6, 6.07) is 3.85. The van der Waals surface area contributed by atoms with Gasteiger partial charge in [-0.05, 0) is 57.3 Å². The Kier molecular flexibility index (Phi) is 3.64. The first-order chi connectivity index (χ1) is 9.10. The van der Waals surface area contributed by atoms with Crippen LogP contribution >= 0.6 is 56.5 Å². The van der Waals surface area contributed by atoms with E-state index >= 15 is 0 Å². The van der Waals surface area contributed by atoms with E-state index in [-0.39, 0.29) is 5.75 Å². The molecule has 0 fully saturated rings. The molecule has 0 spiro atoms. The number of phenolic OH excluding ortho intramolecular Hbond substituents is 1. The van der Waals surface area contributed by atoms with E-state index in [1.807, 2.05) is 19.1 Å². The van der Waals surface area contributed by atoms with Gasteiger partial charge < -0.3 is 5.11 Å². The molecule has 1 N–H and O–H groups in total. The molecule has 0 amide bonds. The summed E-state index contributed by atoms with van der Waals surface area (Å²) < 4.78 is 3.63. The number of halogens is 2. The number of aromatic hydroxyl groups is 1. The summed E-state index contributed by atoms with van der Waals surface area (Å²) in [4.78, 5) is 0.750. The van der Waals surface area contributed by atoms with Gasteiger partial charge in [-0.2, -0.15) is 9.61 Å². The number of hydrogen-bond acceptors (Lipinski definition) is 5. The molecule has 19 heavy (non-hydrogen) atoms. The lowest BCUT2D eigenvalue weighted by molar-refractivity contribution is 0.473. The molecule has 5 nitrogen and oxygen atoms in total. The SMILES string of the molecule is CCc1nnc2sc(-c3cc(I)cc(I)c3O)nn12. The minimum atomic E-state index is 0.268. The number of nitrogens with zero attached hydrogens (tertiary/aromatic N) is 4. The van der Waals surface area contributed by atoms with Gasteiger partial charge in [-0.3, -0.25) is 0 Å². The van der Waals surface area contributed by atoms with Crippen molar-refractivity contribution in [3.8, 4) is 16.3 Å². The zero-order chi connectivity index (χ0) is 13.6. The Morgan fingerprint density at radius 1 is 1.32 bits per heavy atom. The minimum absolute atomic E-state index is 0.268. The fourth-order valence-electron chi connectivity index (χ4n) is 1.72. The van der Waals surface area contributed by atoms with Crippen LogP contribution in [0.1, 0.15) is 12.7 Å². The van der Waals surface area contributed by atoms with Crippen LogP contribution in [0.25, 0.3) is 15.5 Å². The van der Waals surface area contributed by atoms with E-state index in [1.54, 1.807) is 4.52 Å². The highest BCUT2D eigenvalue weighted by Crippen LogP contribution is 2.36. The number of aryl methyl sites for hydroxylation is 1. The van der Waals surface area contributed by atoms with Crippen LogP contribution < -0.4 is 0 Å². The van der Waals surface area contributed by atoms with Gasteiger partial charge in [0.15, 0.2) is 10.8 Å². The van der Waals surface area contributed by atoms with Crippen LogP contribution in [-0.4, -0.2) is 24.9 Å². The second-order valence-electron chi connectivity index (χ2n) is 3.86. The Morgan fingerprint density at radius 3 is 2.84 bits per heavy atom. The van der Waals surface area contributed by atoms with E-state index in [4.69, 9.17) is 0 Å². The van der Waals surface area contributed by atoms with Gasteiger partial charge in [0.25, 0.3) is 0 Å². The van der Waals surface area contributed by atoms with Crippen molar-refractivity contribution in [3.05, 3.63) is 25.1 Å². The number of fused-ring (bicyclic) bond motifs is 1. The van der Waals surface area contributed by atoms with Crippen molar-refractivity contribution in [3.63, 3.8) is 0 Å². The molecule has 1 aromatic carbocycles. The van der Waals surface area contributed by atoms with Gasteiger partial charge in [-0.25, -0.2) is 0 Å². The number of hydrogen-bond donors (Lipinski definition) is 1.